The molecule has 1 atom stereocenters. The molecule has 5 nitrogen and oxygen atoms in total. The van der Waals surface area contributed by atoms with Crippen LogP contribution in [0.1, 0.15) is 28.7 Å². The number of nitrogens with one attached hydrogen (secondary N) is 1. The molecule has 6 heteroatoms. The molecule has 0 unspecified atom stereocenters. The molecule has 98 valence electrons. The molecule has 0 fully saturated rings. The van der Waals surface area contributed by atoms with E-state index in [0.29, 0.717) is 11.3 Å². The van der Waals surface area contributed by atoms with Crippen LogP contribution in [0.25, 0.3) is 10.2 Å². The van der Waals surface area contributed by atoms with Crippen molar-refractivity contribution < 1.29 is 9.90 Å². The Morgan fingerprint density at radius 3 is 3.00 bits per heavy atom. The van der Waals surface area contributed by atoms with Gasteiger partial charge < -0.3 is 10.4 Å². The number of amides is 1. The van der Waals surface area contributed by atoms with E-state index in [1.165, 1.54) is 11.3 Å². The molecule has 2 aromatic rings. The van der Waals surface area contributed by atoms with E-state index in [1.807, 2.05) is 27.0 Å². The Morgan fingerprint density at radius 1 is 1.67 bits per heavy atom. The summed E-state index contributed by atoms with van der Waals surface area (Å²) in [5.41, 5.74) is 0.936. The lowest BCUT2D eigenvalue weighted by atomic mass is 10.2. The van der Waals surface area contributed by atoms with Crippen molar-refractivity contribution in [3.63, 3.8) is 0 Å². The first-order valence-electron chi connectivity index (χ1n) is 5.87. The second-order valence-electron chi connectivity index (χ2n) is 4.43. The van der Waals surface area contributed by atoms with Crippen LogP contribution in [0.2, 0.25) is 0 Å². The number of fused-ring (bicyclic) bond motifs is 1. The molecule has 0 aliphatic heterocycles. The topological polar surface area (TPSA) is 67.2 Å². The highest BCUT2D eigenvalue weighted by atomic mass is 32.1. The van der Waals surface area contributed by atoms with Gasteiger partial charge in [0.2, 0.25) is 0 Å². The first kappa shape index (κ1) is 13.0. The molecule has 2 heterocycles. The molecule has 2 rings (SSSR count). The summed E-state index contributed by atoms with van der Waals surface area (Å²) in [4.78, 5) is 13.7. The second-order valence-corrected chi connectivity index (χ2v) is 5.46. The van der Waals surface area contributed by atoms with Gasteiger partial charge in [0.25, 0.3) is 5.91 Å². The lowest BCUT2D eigenvalue weighted by Crippen LogP contribution is -2.32. The molecule has 18 heavy (non-hydrogen) atoms. The fourth-order valence-electron chi connectivity index (χ4n) is 1.88. The minimum Gasteiger partial charge on any atom is -0.396 e. The molecular weight excluding hydrogens is 250 g/mol. The molecule has 1 amide bonds. The molecule has 2 N–H and O–H groups in total. The summed E-state index contributed by atoms with van der Waals surface area (Å²) in [6, 6.07) is 1.86. The largest absolute Gasteiger partial charge is 0.396 e. The van der Waals surface area contributed by atoms with Gasteiger partial charge >= 0.3 is 0 Å². The molecule has 0 radical (unpaired) electrons. The van der Waals surface area contributed by atoms with E-state index in [0.717, 1.165) is 15.9 Å². The Kier molecular flexibility index (Phi) is 3.68. The minimum atomic E-state index is -0.0865. The summed E-state index contributed by atoms with van der Waals surface area (Å²) in [5.74, 6) is -0.0865. The number of aliphatic hydroxyl groups excluding tert-OH is 1. The first-order valence-corrected chi connectivity index (χ1v) is 6.69. The number of hydrogen-bond acceptors (Lipinski definition) is 4. The lowest BCUT2D eigenvalue weighted by Gasteiger charge is -2.10. The van der Waals surface area contributed by atoms with Gasteiger partial charge in [-0.1, -0.05) is 0 Å². The molecule has 0 bridgehead atoms. The highest BCUT2D eigenvalue weighted by molar-refractivity contribution is 7.20. The summed E-state index contributed by atoms with van der Waals surface area (Å²) in [6.07, 6.45) is 0.567. The number of carbonyl (C=O) groups is 1. The van der Waals surface area contributed by atoms with Gasteiger partial charge in [0, 0.05) is 25.1 Å². The van der Waals surface area contributed by atoms with Gasteiger partial charge in [-0.25, -0.2) is 0 Å². The SMILES string of the molecule is Cc1nn(C)c2sc(C(=O)N[C@H](C)CCO)cc12. The standard InChI is InChI=1S/C12H17N3O2S/c1-7(4-5-16)13-11(17)10-6-9-8(2)14-15(3)12(9)18-10/h6-7,16H,4-5H2,1-3H3,(H,13,17)/t7-/m1/s1. The van der Waals surface area contributed by atoms with Crippen molar-refractivity contribution in [3.8, 4) is 0 Å². The zero-order chi connectivity index (χ0) is 13.3. The Morgan fingerprint density at radius 2 is 2.39 bits per heavy atom. The third kappa shape index (κ3) is 2.39. The monoisotopic (exact) mass is 267 g/mol. The number of hydrogen-bond donors (Lipinski definition) is 2. The maximum absolute atomic E-state index is 12.0. The fraction of sp³-hybridized carbons (Fsp3) is 0.500. The molecule has 0 saturated carbocycles. The number of aliphatic hydroxyl groups is 1. The highest BCUT2D eigenvalue weighted by Gasteiger charge is 2.16. The zero-order valence-corrected chi connectivity index (χ0v) is 11.5. The Labute approximate surface area is 109 Å². The predicted octanol–water partition coefficient (Wildman–Crippen LogP) is 1.44. The summed E-state index contributed by atoms with van der Waals surface area (Å²) in [7, 11) is 1.88. The molecule has 0 aliphatic rings. The number of aromatic nitrogens is 2. The van der Waals surface area contributed by atoms with Crippen molar-refractivity contribution in [3.05, 3.63) is 16.6 Å². The average Bonchev–Trinajstić information content (AvgIpc) is 2.82. The van der Waals surface area contributed by atoms with Crippen LogP contribution in [0.15, 0.2) is 6.07 Å². The maximum Gasteiger partial charge on any atom is 0.261 e. The second kappa shape index (κ2) is 5.07. The normalized spacial score (nSPS) is 12.9. The highest BCUT2D eigenvalue weighted by Crippen LogP contribution is 2.27. The van der Waals surface area contributed by atoms with Gasteiger partial charge in [0.15, 0.2) is 0 Å². The third-order valence-corrected chi connectivity index (χ3v) is 4.06. The van der Waals surface area contributed by atoms with Crippen molar-refractivity contribution in [2.45, 2.75) is 26.3 Å². The van der Waals surface area contributed by atoms with Crippen LogP contribution in [0.3, 0.4) is 0 Å². The summed E-state index contributed by atoms with van der Waals surface area (Å²) in [5, 5.41) is 17.0. The van der Waals surface area contributed by atoms with E-state index in [1.54, 1.807) is 4.68 Å². The summed E-state index contributed by atoms with van der Waals surface area (Å²) < 4.78 is 1.79. The smallest absolute Gasteiger partial charge is 0.261 e. The van der Waals surface area contributed by atoms with Crippen LogP contribution in [-0.2, 0) is 7.05 Å². The first-order chi connectivity index (χ1) is 8.52. The van der Waals surface area contributed by atoms with Crippen molar-refractivity contribution in [2.24, 2.45) is 7.05 Å². The van der Waals surface area contributed by atoms with Gasteiger partial charge in [-0.05, 0) is 26.3 Å². The summed E-state index contributed by atoms with van der Waals surface area (Å²) >= 11 is 1.44. The summed E-state index contributed by atoms with van der Waals surface area (Å²) in [6.45, 7) is 3.90. The van der Waals surface area contributed by atoms with E-state index in [-0.39, 0.29) is 18.6 Å². The van der Waals surface area contributed by atoms with Crippen molar-refractivity contribution in [1.82, 2.24) is 15.1 Å². The average molecular weight is 267 g/mol. The zero-order valence-electron chi connectivity index (χ0n) is 10.7. The van der Waals surface area contributed by atoms with E-state index in [4.69, 9.17) is 5.11 Å². The van der Waals surface area contributed by atoms with Crippen LogP contribution in [-0.4, -0.2) is 33.4 Å². The maximum atomic E-state index is 12.0. The predicted molar refractivity (Wildman–Crippen MR) is 72.0 cm³/mol. The minimum absolute atomic E-state index is 0.0214. The Bertz CT molecular complexity index is 539. The van der Waals surface area contributed by atoms with Gasteiger partial charge in [-0.3, -0.25) is 9.48 Å². The van der Waals surface area contributed by atoms with Crippen LogP contribution >= 0.6 is 11.3 Å². The van der Waals surface area contributed by atoms with E-state index in [9.17, 15) is 4.79 Å². The number of aryl methyl sites for hydroxylation is 2. The fourth-order valence-corrected chi connectivity index (χ4v) is 2.90. The molecule has 0 aliphatic carbocycles. The van der Waals surface area contributed by atoms with Gasteiger partial charge in [-0.15, -0.1) is 11.3 Å². The van der Waals surface area contributed by atoms with Crippen LogP contribution in [0.5, 0.6) is 0 Å². The lowest BCUT2D eigenvalue weighted by molar-refractivity contribution is 0.0938. The van der Waals surface area contributed by atoms with Crippen molar-refractivity contribution in [2.75, 3.05) is 6.61 Å². The molecule has 0 aromatic carbocycles. The Hall–Kier alpha value is -1.40. The third-order valence-electron chi connectivity index (χ3n) is 2.86. The number of thiophene rings is 1. The van der Waals surface area contributed by atoms with E-state index < -0.39 is 0 Å². The van der Waals surface area contributed by atoms with Crippen molar-refractivity contribution in [1.29, 1.82) is 0 Å². The van der Waals surface area contributed by atoms with Gasteiger partial charge in [0.05, 0.1) is 10.6 Å². The van der Waals surface area contributed by atoms with Gasteiger partial charge in [0.1, 0.15) is 4.83 Å². The number of rotatable bonds is 4. The molecule has 2 aromatic heterocycles. The van der Waals surface area contributed by atoms with Gasteiger partial charge in [-0.2, -0.15) is 5.10 Å². The van der Waals surface area contributed by atoms with Crippen molar-refractivity contribution >= 4 is 27.5 Å². The van der Waals surface area contributed by atoms with E-state index >= 15 is 0 Å². The van der Waals surface area contributed by atoms with E-state index in [2.05, 4.69) is 10.4 Å². The molecular formula is C12H17N3O2S. The quantitative estimate of drug-likeness (QED) is 0.881. The molecule has 0 spiro atoms. The Balaban J connectivity index is 2.21. The number of carbonyl (C=O) groups excluding carboxylic acids is 1. The van der Waals surface area contributed by atoms with Crippen LogP contribution < -0.4 is 5.32 Å². The van der Waals surface area contributed by atoms with Crippen LogP contribution in [0, 0.1) is 6.92 Å². The number of nitrogens with zero attached hydrogens (tertiary/aromatic N) is 2. The van der Waals surface area contributed by atoms with Crippen LogP contribution in [0.4, 0.5) is 0 Å². The molecule has 0 saturated heterocycles.